The summed E-state index contributed by atoms with van der Waals surface area (Å²) in [7, 11) is 1.62. The van der Waals surface area contributed by atoms with E-state index in [0.29, 0.717) is 17.9 Å². The topological polar surface area (TPSA) is 32.8 Å². The lowest BCUT2D eigenvalue weighted by Crippen LogP contribution is -2.37. The Labute approximate surface area is 163 Å². The molecule has 0 saturated carbocycles. The smallest absolute Gasteiger partial charge is 0.259 e. The van der Waals surface area contributed by atoms with Crippen molar-refractivity contribution < 1.29 is 9.53 Å². The van der Waals surface area contributed by atoms with Gasteiger partial charge in [-0.1, -0.05) is 44.7 Å². The minimum absolute atomic E-state index is 0.0376. The van der Waals surface area contributed by atoms with E-state index in [1.807, 2.05) is 42.2 Å². The largest absolute Gasteiger partial charge is 0.496 e. The maximum atomic E-state index is 13.2. The van der Waals surface area contributed by atoms with Gasteiger partial charge in [0.1, 0.15) is 5.76 Å². The van der Waals surface area contributed by atoms with Crippen molar-refractivity contribution in [1.29, 1.82) is 0 Å². The zero-order chi connectivity index (χ0) is 19.8. The van der Waals surface area contributed by atoms with Crippen LogP contribution in [-0.2, 0) is 9.53 Å². The van der Waals surface area contributed by atoms with Crippen molar-refractivity contribution in [2.45, 2.75) is 33.6 Å². The molecule has 0 bridgehead atoms. The first kappa shape index (κ1) is 21.0. The molecule has 1 aliphatic rings. The van der Waals surface area contributed by atoms with Crippen LogP contribution in [0.1, 0.15) is 39.2 Å². The molecule has 0 saturated heterocycles. The second-order valence-electron chi connectivity index (χ2n) is 6.83. The van der Waals surface area contributed by atoms with Gasteiger partial charge < -0.3 is 14.5 Å². The lowest BCUT2D eigenvalue weighted by Gasteiger charge is -2.25. The number of hydrogen-bond donors (Lipinski definition) is 0. The highest BCUT2D eigenvalue weighted by atomic mass is 16.5. The normalized spacial score (nSPS) is 16.0. The Morgan fingerprint density at radius 2 is 1.85 bits per heavy atom. The summed E-state index contributed by atoms with van der Waals surface area (Å²) in [6.45, 7) is 13.8. The predicted molar refractivity (Wildman–Crippen MR) is 114 cm³/mol. The Morgan fingerprint density at radius 3 is 2.44 bits per heavy atom. The minimum Gasteiger partial charge on any atom is -0.496 e. The average molecular weight is 369 g/mol. The van der Waals surface area contributed by atoms with Gasteiger partial charge in [-0.2, -0.15) is 0 Å². The Morgan fingerprint density at radius 1 is 1.19 bits per heavy atom. The quantitative estimate of drug-likeness (QED) is 0.342. The number of anilines is 1. The number of benzene rings is 1. The van der Waals surface area contributed by atoms with Gasteiger partial charge in [-0.05, 0) is 50.6 Å². The summed E-state index contributed by atoms with van der Waals surface area (Å²) in [6, 6.07) is 7.99. The molecule has 2 rings (SSSR count). The van der Waals surface area contributed by atoms with E-state index >= 15 is 0 Å². The van der Waals surface area contributed by atoms with Gasteiger partial charge in [0, 0.05) is 18.7 Å². The van der Waals surface area contributed by atoms with Crippen LogP contribution in [0.2, 0.25) is 0 Å². The Hall–Kier alpha value is -2.33. The van der Waals surface area contributed by atoms with Crippen molar-refractivity contribution in [1.82, 2.24) is 4.90 Å². The molecule has 0 fully saturated rings. The van der Waals surface area contributed by atoms with Gasteiger partial charge >= 0.3 is 0 Å². The van der Waals surface area contributed by atoms with Gasteiger partial charge in [0.25, 0.3) is 5.91 Å². The van der Waals surface area contributed by atoms with Gasteiger partial charge in [0.05, 0.1) is 18.4 Å². The average Bonchev–Trinajstić information content (AvgIpc) is 2.95. The molecule has 0 aromatic heterocycles. The van der Waals surface area contributed by atoms with E-state index in [1.165, 1.54) is 0 Å². The molecule has 1 aromatic carbocycles. The minimum atomic E-state index is 0.0376. The van der Waals surface area contributed by atoms with Crippen molar-refractivity contribution in [3.8, 4) is 0 Å². The van der Waals surface area contributed by atoms with Gasteiger partial charge in [0.2, 0.25) is 0 Å². The van der Waals surface area contributed by atoms with Crippen molar-refractivity contribution in [3.05, 3.63) is 59.9 Å². The number of hydrogen-bond acceptors (Lipinski definition) is 3. The molecule has 0 N–H and O–H groups in total. The van der Waals surface area contributed by atoms with E-state index in [4.69, 9.17) is 4.74 Å². The first-order valence-corrected chi connectivity index (χ1v) is 9.79. The van der Waals surface area contributed by atoms with Crippen LogP contribution in [0.4, 0.5) is 5.69 Å². The highest BCUT2D eigenvalue weighted by Crippen LogP contribution is 2.37. The highest BCUT2D eigenvalue weighted by Gasteiger charge is 2.32. The van der Waals surface area contributed by atoms with Crippen molar-refractivity contribution >= 4 is 17.2 Å². The molecule has 1 aliphatic heterocycles. The monoisotopic (exact) mass is 368 g/mol. The molecule has 4 nitrogen and oxygen atoms in total. The molecule has 0 unspecified atom stereocenters. The first-order chi connectivity index (χ1) is 13.1. The van der Waals surface area contributed by atoms with Gasteiger partial charge in [0.15, 0.2) is 0 Å². The van der Waals surface area contributed by atoms with Crippen LogP contribution in [0, 0.1) is 0 Å². The molecule has 1 aromatic rings. The standard InChI is InChI=1S/C23H32N2O2/c1-6-13-24(14-7-2)15-16-25-21-12-10-9-11-19(21)20(23(25)26)17-22(27-5)18(4)8-3/h8-12,17H,3,6-7,13-16H2,1-2,4-5H3/b20-17-,22-18-. The molecule has 0 radical (unpaired) electrons. The lowest BCUT2D eigenvalue weighted by molar-refractivity contribution is -0.113. The summed E-state index contributed by atoms with van der Waals surface area (Å²) in [5.41, 5.74) is 3.53. The van der Waals surface area contributed by atoms with E-state index in [2.05, 4.69) is 25.3 Å². The molecular weight excluding hydrogens is 336 g/mol. The SMILES string of the molecule is C=C/C(C)=C(/C=C1\C(=O)N(CCN(CCC)CCC)c2ccccc21)OC. The number of ether oxygens (including phenoxy) is 1. The summed E-state index contributed by atoms with van der Waals surface area (Å²) in [6.07, 6.45) is 5.83. The highest BCUT2D eigenvalue weighted by molar-refractivity contribution is 6.32. The summed E-state index contributed by atoms with van der Waals surface area (Å²) in [4.78, 5) is 17.5. The molecule has 0 spiro atoms. The Bertz CT molecular complexity index is 728. The van der Waals surface area contributed by atoms with E-state index in [0.717, 1.165) is 49.3 Å². The second kappa shape index (κ2) is 10.1. The fraction of sp³-hybridized carbons (Fsp3) is 0.435. The van der Waals surface area contributed by atoms with Crippen molar-refractivity contribution in [2.24, 2.45) is 0 Å². The number of fused-ring (bicyclic) bond motifs is 1. The number of para-hydroxylation sites is 1. The van der Waals surface area contributed by atoms with Crippen molar-refractivity contribution in [2.75, 3.05) is 38.2 Å². The van der Waals surface area contributed by atoms with Gasteiger partial charge in [-0.15, -0.1) is 0 Å². The number of allylic oxidation sites excluding steroid dienone is 3. The lowest BCUT2D eigenvalue weighted by atomic mass is 10.1. The zero-order valence-electron chi connectivity index (χ0n) is 17.1. The van der Waals surface area contributed by atoms with Crippen LogP contribution in [-0.4, -0.2) is 44.1 Å². The Balaban J connectivity index is 2.32. The predicted octanol–water partition coefficient (Wildman–Crippen LogP) is 4.65. The fourth-order valence-electron chi connectivity index (χ4n) is 3.44. The van der Waals surface area contributed by atoms with Crippen LogP contribution in [0.5, 0.6) is 0 Å². The van der Waals surface area contributed by atoms with E-state index in [9.17, 15) is 4.79 Å². The summed E-state index contributed by atoms with van der Waals surface area (Å²) < 4.78 is 5.48. The number of methoxy groups -OCH3 is 1. The maximum Gasteiger partial charge on any atom is 0.259 e. The maximum absolute atomic E-state index is 13.2. The van der Waals surface area contributed by atoms with Crippen LogP contribution in [0.25, 0.3) is 5.57 Å². The summed E-state index contributed by atoms with van der Waals surface area (Å²) >= 11 is 0. The molecule has 0 aliphatic carbocycles. The van der Waals surface area contributed by atoms with Gasteiger partial charge in [-0.25, -0.2) is 0 Å². The molecule has 4 heteroatoms. The van der Waals surface area contributed by atoms with Crippen LogP contribution in [0.3, 0.4) is 0 Å². The molecule has 146 valence electrons. The third kappa shape index (κ3) is 4.89. The van der Waals surface area contributed by atoms with E-state index in [1.54, 1.807) is 13.2 Å². The van der Waals surface area contributed by atoms with Crippen LogP contribution in [0.15, 0.2) is 54.3 Å². The van der Waals surface area contributed by atoms with E-state index in [-0.39, 0.29) is 5.91 Å². The summed E-state index contributed by atoms with van der Waals surface area (Å²) in [5.74, 6) is 0.708. The third-order valence-electron chi connectivity index (χ3n) is 4.87. The number of nitrogens with zero attached hydrogens (tertiary/aromatic N) is 2. The fourth-order valence-corrected chi connectivity index (χ4v) is 3.44. The molecule has 27 heavy (non-hydrogen) atoms. The molecule has 0 atom stereocenters. The van der Waals surface area contributed by atoms with Crippen LogP contribution < -0.4 is 4.90 Å². The first-order valence-electron chi connectivity index (χ1n) is 9.79. The molecular formula is C23H32N2O2. The third-order valence-corrected chi connectivity index (χ3v) is 4.87. The second-order valence-corrected chi connectivity index (χ2v) is 6.83. The number of carbonyl (C=O) groups is 1. The van der Waals surface area contributed by atoms with Crippen molar-refractivity contribution in [3.63, 3.8) is 0 Å². The zero-order valence-corrected chi connectivity index (χ0v) is 17.1. The molecule has 1 amide bonds. The number of carbonyl (C=O) groups excluding carboxylic acids is 1. The summed E-state index contributed by atoms with van der Waals surface area (Å²) in [5, 5.41) is 0. The Kier molecular flexibility index (Phi) is 7.86. The number of amides is 1. The van der Waals surface area contributed by atoms with Crippen LogP contribution >= 0.6 is 0 Å². The van der Waals surface area contributed by atoms with E-state index < -0.39 is 0 Å². The molecule has 1 heterocycles. The number of rotatable bonds is 10. The van der Waals surface area contributed by atoms with Gasteiger partial charge in [-0.3, -0.25) is 4.79 Å².